The largest absolute Gasteiger partial charge is 0.324 e. The monoisotopic (exact) mass is 344 g/mol. The molecule has 0 amide bonds. The molecule has 0 atom stereocenters. The van der Waals surface area contributed by atoms with Crippen molar-refractivity contribution in [3.05, 3.63) is 45.6 Å². The van der Waals surface area contributed by atoms with Crippen molar-refractivity contribution in [2.24, 2.45) is 14.1 Å². The lowest BCUT2D eigenvalue weighted by atomic mass is 10.1. The summed E-state index contributed by atoms with van der Waals surface area (Å²) in [6.07, 6.45) is 0. The van der Waals surface area contributed by atoms with Crippen LogP contribution in [0.25, 0.3) is 11.4 Å². The smallest absolute Gasteiger partial charge is 0.305 e. The zero-order chi connectivity index (χ0) is 17.4. The Labute approximate surface area is 142 Å². The van der Waals surface area contributed by atoms with Gasteiger partial charge in [0.2, 0.25) is 0 Å². The minimum Gasteiger partial charge on any atom is -0.305 e. The van der Waals surface area contributed by atoms with Crippen LogP contribution in [-0.2, 0) is 14.1 Å². The van der Waals surface area contributed by atoms with Crippen molar-refractivity contribution in [3.63, 3.8) is 0 Å². The van der Waals surface area contributed by atoms with Crippen LogP contribution in [0.4, 0.5) is 5.69 Å². The fraction of sp³-hybridized carbons (Fsp3) is 0.267. The summed E-state index contributed by atoms with van der Waals surface area (Å²) >= 11 is 1.18. The van der Waals surface area contributed by atoms with E-state index in [2.05, 4.69) is 15.3 Å². The molecule has 0 fully saturated rings. The molecule has 0 bridgehead atoms. The van der Waals surface area contributed by atoms with E-state index >= 15 is 0 Å². The lowest BCUT2D eigenvalue weighted by Gasteiger charge is -2.04. The van der Waals surface area contributed by atoms with Crippen LogP contribution in [0.2, 0.25) is 0 Å². The van der Waals surface area contributed by atoms with Crippen LogP contribution in [0.1, 0.15) is 11.3 Å². The van der Waals surface area contributed by atoms with Gasteiger partial charge in [-0.2, -0.15) is 5.10 Å². The van der Waals surface area contributed by atoms with Gasteiger partial charge in [0.1, 0.15) is 5.69 Å². The molecule has 3 aromatic rings. The SMILES string of the molecule is Cc1ccc(-c2nnc(Sc3c([N+](=O)[O-])c(C)nn3C)n2C)cc1. The highest BCUT2D eigenvalue weighted by atomic mass is 32.2. The van der Waals surface area contributed by atoms with Crippen LogP contribution in [0.15, 0.2) is 34.4 Å². The Kier molecular flexibility index (Phi) is 4.10. The fourth-order valence-corrected chi connectivity index (χ4v) is 3.36. The molecule has 2 aromatic heterocycles. The minimum atomic E-state index is -0.415. The van der Waals surface area contributed by atoms with E-state index in [9.17, 15) is 10.1 Å². The lowest BCUT2D eigenvalue weighted by Crippen LogP contribution is -1.98. The first-order chi connectivity index (χ1) is 11.4. The lowest BCUT2D eigenvalue weighted by molar-refractivity contribution is -0.388. The molecular weight excluding hydrogens is 328 g/mol. The van der Waals surface area contributed by atoms with Crippen LogP contribution in [-0.4, -0.2) is 29.5 Å². The van der Waals surface area contributed by atoms with Crippen LogP contribution >= 0.6 is 11.8 Å². The number of hydrogen-bond acceptors (Lipinski definition) is 6. The van der Waals surface area contributed by atoms with Crippen molar-refractivity contribution in [2.45, 2.75) is 24.0 Å². The Morgan fingerprint density at radius 2 is 1.79 bits per heavy atom. The van der Waals surface area contributed by atoms with Gasteiger partial charge >= 0.3 is 5.69 Å². The van der Waals surface area contributed by atoms with E-state index in [1.807, 2.05) is 42.8 Å². The van der Waals surface area contributed by atoms with Gasteiger partial charge in [-0.1, -0.05) is 29.8 Å². The summed E-state index contributed by atoms with van der Waals surface area (Å²) in [7, 11) is 3.52. The number of aryl methyl sites for hydroxylation is 3. The highest BCUT2D eigenvalue weighted by Crippen LogP contribution is 2.36. The van der Waals surface area contributed by atoms with Gasteiger partial charge in [-0.3, -0.25) is 14.8 Å². The Hall–Kier alpha value is -2.68. The molecular formula is C15H16N6O2S. The van der Waals surface area contributed by atoms with E-state index in [4.69, 9.17) is 0 Å². The van der Waals surface area contributed by atoms with E-state index in [-0.39, 0.29) is 5.69 Å². The van der Waals surface area contributed by atoms with Gasteiger partial charge in [-0.25, -0.2) is 0 Å². The molecule has 24 heavy (non-hydrogen) atoms. The van der Waals surface area contributed by atoms with E-state index in [1.165, 1.54) is 16.4 Å². The van der Waals surface area contributed by atoms with E-state index in [1.54, 1.807) is 14.0 Å². The highest BCUT2D eigenvalue weighted by molar-refractivity contribution is 7.99. The molecule has 124 valence electrons. The predicted molar refractivity (Wildman–Crippen MR) is 89.9 cm³/mol. The van der Waals surface area contributed by atoms with Crippen molar-refractivity contribution in [1.29, 1.82) is 0 Å². The third-order valence-electron chi connectivity index (χ3n) is 3.65. The topological polar surface area (TPSA) is 91.7 Å². The molecule has 1 aromatic carbocycles. The third kappa shape index (κ3) is 2.78. The molecule has 0 saturated heterocycles. The number of aromatic nitrogens is 5. The summed E-state index contributed by atoms with van der Waals surface area (Å²) < 4.78 is 3.32. The van der Waals surface area contributed by atoms with E-state index in [0.29, 0.717) is 21.7 Å². The summed E-state index contributed by atoms with van der Waals surface area (Å²) in [6.45, 7) is 3.64. The molecule has 0 unspecified atom stereocenters. The molecule has 2 heterocycles. The van der Waals surface area contributed by atoms with Gasteiger partial charge < -0.3 is 4.57 Å². The Bertz CT molecular complexity index is 913. The standard InChI is InChI=1S/C15H16N6O2S/c1-9-5-7-11(8-6-9)13-16-17-15(19(13)3)24-14-12(21(22)23)10(2)18-20(14)4/h5-8H,1-4H3. The molecule has 0 spiro atoms. The molecule has 0 aliphatic carbocycles. The van der Waals surface area contributed by atoms with Crippen molar-refractivity contribution in [3.8, 4) is 11.4 Å². The van der Waals surface area contributed by atoms with Crippen LogP contribution in [0, 0.1) is 24.0 Å². The summed E-state index contributed by atoms with van der Waals surface area (Å²) in [4.78, 5) is 10.9. The average Bonchev–Trinajstić information content (AvgIpc) is 3.01. The second-order valence-corrected chi connectivity index (χ2v) is 6.41. The summed E-state index contributed by atoms with van der Waals surface area (Å²) in [5.41, 5.74) is 2.49. The van der Waals surface area contributed by atoms with Crippen molar-refractivity contribution >= 4 is 17.4 Å². The Morgan fingerprint density at radius 3 is 2.42 bits per heavy atom. The van der Waals surface area contributed by atoms with Crippen LogP contribution in [0.3, 0.4) is 0 Å². The van der Waals surface area contributed by atoms with Crippen molar-refractivity contribution < 1.29 is 4.92 Å². The average molecular weight is 344 g/mol. The van der Waals surface area contributed by atoms with Gasteiger partial charge in [-0.05, 0) is 25.6 Å². The second kappa shape index (κ2) is 6.08. The van der Waals surface area contributed by atoms with Gasteiger partial charge in [-0.15, -0.1) is 10.2 Å². The molecule has 8 nitrogen and oxygen atoms in total. The Balaban J connectivity index is 1.99. The molecule has 0 saturated carbocycles. The maximum absolute atomic E-state index is 11.3. The first-order valence-corrected chi connectivity index (χ1v) is 8.02. The third-order valence-corrected chi connectivity index (χ3v) is 4.84. The molecule has 0 N–H and O–H groups in total. The highest BCUT2D eigenvalue weighted by Gasteiger charge is 2.26. The molecule has 0 aliphatic heterocycles. The number of rotatable bonds is 4. The first-order valence-electron chi connectivity index (χ1n) is 7.20. The maximum Gasteiger partial charge on any atom is 0.324 e. The van der Waals surface area contributed by atoms with E-state index < -0.39 is 4.92 Å². The molecule has 9 heteroatoms. The zero-order valence-corrected chi connectivity index (χ0v) is 14.5. The number of nitrogens with zero attached hydrogens (tertiary/aromatic N) is 6. The van der Waals surface area contributed by atoms with Gasteiger partial charge in [0, 0.05) is 19.7 Å². The molecule has 0 radical (unpaired) electrons. The fourth-order valence-electron chi connectivity index (χ4n) is 2.39. The van der Waals surface area contributed by atoms with Crippen LogP contribution < -0.4 is 0 Å². The predicted octanol–water partition coefficient (Wildman–Crippen LogP) is 2.89. The molecule has 0 aliphatic rings. The summed E-state index contributed by atoms with van der Waals surface area (Å²) in [5, 5.41) is 24.8. The quantitative estimate of drug-likeness (QED) is 0.534. The molecule has 3 rings (SSSR count). The maximum atomic E-state index is 11.3. The van der Waals surface area contributed by atoms with E-state index in [0.717, 1.165) is 11.1 Å². The van der Waals surface area contributed by atoms with Gasteiger partial charge in [0.05, 0.1) is 4.92 Å². The van der Waals surface area contributed by atoms with Gasteiger partial charge in [0.15, 0.2) is 16.0 Å². The normalized spacial score (nSPS) is 11.0. The summed E-state index contributed by atoms with van der Waals surface area (Å²) in [6, 6.07) is 7.97. The number of hydrogen-bond donors (Lipinski definition) is 0. The first kappa shape index (κ1) is 16.2. The number of nitro groups is 1. The van der Waals surface area contributed by atoms with Crippen LogP contribution in [0.5, 0.6) is 0 Å². The van der Waals surface area contributed by atoms with Gasteiger partial charge in [0.25, 0.3) is 0 Å². The number of benzene rings is 1. The summed E-state index contributed by atoms with van der Waals surface area (Å²) in [5.74, 6) is 0.707. The minimum absolute atomic E-state index is 0.00221. The van der Waals surface area contributed by atoms with Crippen molar-refractivity contribution in [1.82, 2.24) is 24.5 Å². The Morgan fingerprint density at radius 1 is 1.12 bits per heavy atom. The zero-order valence-electron chi connectivity index (χ0n) is 13.7. The van der Waals surface area contributed by atoms with Crippen molar-refractivity contribution in [2.75, 3.05) is 0 Å². The second-order valence-electron chi connectivity index (χ2n) is 5.45.